The molecule has 2 aromatic carbocycles. The Labute approximate surface area is 297 Å². The van der Waals surface area contributed by atoms with Crippen LogP contribution in [-0.4, -0.2) is 40.3 Å². The zero-order chi connectivity index (χ0) is 36.0. The minimum Gasteiger partial charge on any atom is -0.245 e. The van der Waals surface area contributed by atoms with Crippen LogP contribution in [0, 0.1) is 0 Å². The highest BCUT2D eigenvalue weighted by Crippen LogP contribution is 2.39. The second-order valence-electron chi connectivity index (χ2n) is 11.2. The summed E-state index contributed by atoms with van der Waals surface area (Å²) in [7, 11) is 0. The van der Waals surface area contributed by atoms with E-state index < -0.39 is 23.5 Å². The van der Waals surface area contributed by atoms with Crippen LogP contribution in [-0.2, 0) is 12.4 Å². The number of hydrogen-bond acceptors (Lipinski definition) is 10. The van der Waals surface area contributed by atoms with E-state index in [9.17, 15) is 26.3 Å². The van der Waals surface area contributed by atoms with Crippen LogP contribution in [0.15, 0.2) is 109 Å². The lowest BCUT2D eigenvalue weighted by atomic mass is 10.0. The van der Waals surface area contributed by atoms with Crippen LogP contribution in [0.3, 0.4) is 0 Å². The van der Waals surface area contributed by atoms with Gasteiger partial charge in [-0.2, -0.15) is 26.3 Å². The van der Waals surface area contributed by atoms with Gasteiger partial charge < -0.3 is 0 Å². The third kappa shape index (κ3) is 6.49. The molecule has 8 rings (SSSR count). The summed E-state index contributed by atoms with van der Waals surface area (Å²) in [5, 5.41) is 19.4. The van der Waals surface area contributed by atoms with Crippen molar-refractivity contribution >= 4 is 33.7 Å². The molecule has 0 aliphatic carbocycles. The third-order valence-corrected chi connectivity index (χ3v) is 9.73. The van der Waals surface area contributed by atoms with Gasteiger partial charge in [-0.3, -0.25) is 0 Å². The van der Waals surface area contributed by atoms with Crippen LogP contribution >= 0.6 is 22.7 Å². The summed E-state index contributed by atoms with van der Waals surface area (Å²) in [4.78, 5) is 18.3. The number of halogens is 6. The Balaban J connectivity index is 1.07. The van der Waals surface area contributed by atoms with Crippen molar-refractivity contribution in [2.75, 3.05) is 0 Å². The first-order valence-corrected chi connectivity index (χ1v) is 16.9. The van der Waals surface area contributed by atoms with Gasteiger partial charge in [-0.25, -0.2) is 19.9 Å². The van der Waals surface area contributed by atoms with Gasteiger partial charge in [0.25, 0.3) is 0 Å². The fourth-order valence-corrected chi connectivity index (χ4v) is 6.98. The molecular weight excluding hydrogens is 723 g/mol. The smallest absolute Gasteiger partial charge is 0.245 e. The Morgan fingerprint density at radius 1 is 0.365 bits per heavy atom. The van der Waals surface area contributed by atoms with Crippen molar-refractivity contribution in [3.63, 3.8) is 0 Å². The largest absolute Gasteiger partial charge is 0.417 e. The molecule has 0 saturated carbocycles. The van der Waals surface area contributed by atoms with Crippen molar-refractivity contribution in [2.24, 2.45) is 0 Å². The molecule has 256 valence electrons. The molecule has 0 saturated heterocycles. The molecule has 0 atom stereocenters. The van der Waals surface area contributed by atoms with Gasteiger partial charge in [0.2, 0.25) is 0 Å². The summed E-state index contributed by atoms with van der Waals surface area (Å²) in [5.74, 6) is 0. The number of alkyl halides is 6. The monoisotopic (exact) mass is 740 g/mol. The minimum atomic E-state index is -4.54. The number of rotatable bonds is 6. The van der Waals surface area contributed by atoms with Crippen molar-refractivity contribution in [2.45, 2.75) is 12.4 Å². The molecule has 6 aromatic heterocycles. The van der Waals surface area contributed by atoms with Crippen LogP contribution in [0.2, 0.25) is 0 Å². The Morgan fingerprint density at radius 3 is 1.13 bits per heavy atom. The van der Waals surface area contributed by atoms with Crippen LogP contribution in [0.4, 0.5) is 26.3 Å². The highest BCUT2D eigenvalue weighted by molar-refractivity contribution is 7.18. The van der Waals surface area contributed by atoms with Crippen molar-refractivity contribution < 1.29 is 26.3 Å². The van der Waals surface area contributed by atoms with E-state index in [1.165, 1.54) is 71.2 Å². The molecule has 0 fully saturated rings. The van der Waals surface area contributed by atoms with Gasteiger partial charge in [-0.1, -0.05) is 71.2 Å². The summed E-state index contributed by atoms with van der Waals surface area (Å²) in [5.41, 5.74) is 0.685. The molecule has 0 radical (unpaired) electrons. The molecule has 6 heterocycles. The van der Waals surface area contributed by atoms with Crippen molar-refractivity contribution in [3.8, 4) is 65.3 Å². The second kappa shape index (κ2) is 13.0. The van der Waals surface area contributed by atoms with E-state index in [0.717, 1.165) is 17.5 Å². The van der Waals surface area contributed by atoms with E-state index in [0.29, 0.717) is 48.5 Å². The SMILES string of the molecule is FC(F)(F)c1ccccc1-c1cccc(-c2nnc(-c3ccc4ccc(-c5nnc(-c6cccc(-c7ccccc7C(F)(F)F)n6)s5)nc4n3)s2)n1. The molecule has 0 aliphatic heterocycles. The van der Waals surface area contributed by atoms with Crippen molar-refractivity contribution in [1.29, 1.82) is 0 Å². The number of hydrogen-bond donors (Lipinski definition) is 0. The quantitative estimate of drug-likeness (QED) is 0.155. The fraction of sp³-hybridized carbons (Fsp3) is 0.0556. The summed E-state index contributed by atoms with van der Waals surface area (Å²) in [6, 6.07) is 27.2. The highest BCUT2D eigenvalue weighted by Gasteiger charge is 2.34. The fourth-order valence-electron chi connectivity index (χ4n) is 5.41. The van der Waals surface area contributed by atoms with E-state index in [4.69, 9.17) is 0 Å². The van der Waals surface area contributed by atoms with Crippen LogP contribution < -0.4 is 0 Å². The van der Waals surface area contributed by atoms with Gasteiger partial charge in [0, 0.05) is 16.5 Å². The number of pyridine rings is 4. The normalized spacial score (nSPS) is 12.0. The Bertz CT molecular complexity index is 2430. The lowest BCUT2D eigenvalue weighted by Gasteiger charge is -2.12. The van der Waals surface area contributed by atoms with Gasteiger partial charge in [0.05, 0.1) is 22.5 Å². The highest BCUT2D eigenvalue weighted by atomic mass is 32.1. The maximum absolute atomic E-state index is 13.7. The summed E-state index contributed by atoms with van der Waals surface area (Å²) < 4.78 is 82.0. The summed E-state index contributed by atoms with van der Waals surface area (Å²) >= 11 is 2.36. The lowest BCUT2D eigenvalue weighted by Crippen LogP contribution is -2.07. The summed E-state index contributed by atoms with van der Waals surface area (Å²) in [6.07, 6.45) is -9.09. The van der Waals surface area contributed by atoms with Gasteiger partial charge in [0.1, 0.15) is 22.8 Å². The first-order chi connectivity index (χ1) is 25.0. The van der Waals surface area contributed by atoms with Gasteiger partial charge in [-0.15, -0.1) is 20.4 Å². The number of nitrogens with zero attached hydrogens (tertiary/aromatic N) is 8. The van der Waals surface area contributed by atoms with Crippen molar-refractivity contribution in [1.82, 2.24) is 40.3 Å². The zero-order valence-electron chi connectivity index (χ0n) is 26.1. The maximum atomic E-state index is 13.7. The molecular formula is C36H18F6N8S2. The summed E-state index contributed by atoms with van der Waals surface area (Å²) in [6.45, 7) is 0. The van der Waals surface area contributed by atoms with Gasteiger partial charge >= 0.3 is 12.4 Å². The van der Waals surface area contributed by atoms with Gasteiger partial charge in [0.15, 0.2) is 25.7 Å². The number of aromatic nitrogens is 8. The van der Waals surface area contributed by atoms with Crippen LogP contribution in [0.5, 0.6) is 0 Å². The van der Waals surface area contributed by atoms with E-state index in [1.807, 2.05) is 12.1 Å². The maximum Gasteiger partial charge on any atom is 0.417 e. The van der Waals surface area contributed by atoms with Crippen LogP contribution in [0.1, 0.15) is 11.1 Å². The Hall–Kier alpha value is -6.00. The molecule has 0 N–H and O–H groups in total. The standard InChI is InChI=1S/C36H18F6N8S2/c37-35(38,39)22-9-3-1-7-20(22)24-11-5-13-26(43-24)31-47-49-33(51-31)28-17-15-19-16-18-29(46-30(19)45-28)34-50-48-32(52-34)27-14-6-12-25(44-27)21-8-2-4-10-23(21)36(40,41)42/h1-18H. The van der Waals surface area contributed by atoms with E-state index in [2.05, 4.69) is 40.3 Å². The molecule has 0 spiro atoms. The third-order valence-electron chi connectivity index (χ3n) is 7.79. The molecule has 0 bridgehead atoms. The molecule has 52 heavy (non-hydrogen) atoms. The number of fused-ring (bicyclic) bond motifs is 1. The molecule has 8 aromatic rings. The molecule has 0 aliphatic rings. The molecule has 0 amide bonds. The molecule has 0 unspecified atom stereocenters. The van der Waals surface area contributed by atoms with E-state index in [1.54, 1.807) is 36.4 Å². The average Bonchev–Trinajstić information content (AvgIpc) is 3.86. The number of benzene rings is 2. The first kappa shape index (κ1) is 33.2. The zero-order valence-corrected chi connectivity index (χ0v) is 27.7. The topological polar surface area (TPSA) is 103 Å². The van der Waals surface area contributed by atoms with E-state index >= 15 is 0 Å². The van der Waals surface area contributed by atoms with Crippen LogP contribution in [0.25, 0.3) is 76.4 Å². The average molecular weight is 741 g/mol. The van der Waals surface area contributed by atoms with E-state index in [-0.39, 0.29) is 22.5 Å². The second-order valence-corrected chi connectivity index (χ2v) is 13.1. The van der Waals surface area contributed by atoms with Gasteiger partial charge in [-0.05, 0) is 60.7 Å². The molecule has 16 heteroatoms. The lowest BCUT2D eigenvalue weighted by molar-refractivity contribution is -0.137. The molecule has 8 nitrogen and oxygen atoms in total. The predicted molar refractivity (Wildman–Crippen MR) is 185 cm³/mol. The Morgan fingerprint density at radius 2 is 0.731 bits per heavy atom. The first-order valence-electron chi connectivity index (χ1n) is 15.2. The Kier molecular flexibility index (Phi) is 8.26. The van der Waals surface area contributed by atoms with Crippen molar-refractivity contribution in [3.05, 3.63) is 120 Å². The predicted octanol–water partition coefficient (Wildman–Crippen LogP) is 10.2. The minimum absolute atomic E-state index is 0.0429.